The largest absolute Gasteiger partial charge is 0.441 e. The second-order valence-electron chi connectivity index (χ2n) is 7.32. The van der Waals surface area contributed by atoms with Crippen molar-refractivity contribution in [3.05, 3.63) is 41.9 Å². The highest BCUT2D eigenvalue weighted by Gasteiger charge is 2.26. The highest BCUT2D eigenvalue weighted by atomic mass is 35.5. The van der Waals surface area contributed by atoms with Crippen molar-refractivity contribution in [2.75, 3.05) is 19.6 Å². The molecule has 150 valence electrons. The lowest BCUT2D eigenvalue weighted by atomic mass is 9.81. The monoisotopic (exact) mass is 413 g/mol. The number of piperidine rings is 1. The summed E-state index contributed by atoms with van der Waals surface area (Å²) in [7, 11) is 0. The van der Waals surface area contributed by atoms with Crippen LogP contribution >= 0.6 is 24.8 Å². The van der Waals surface area contributed by atoms with Crippen molar-refractivity contribution in [1.82, 2.24) is 15.6 Å². The van der Waals surface area contributed by atoms with Gasteiger partial charge in [-0.3, -0.25) is 4.79 Å². The normalized spacial score (nSPS) is 15.3. The Labute approximate surface area is 173 Å². The molecule has 5 nitrogen and oxygen atoms in total. The Hall–Kier alpha value is -1.56. The van der Waals surface area contributed by atoms with Crippen molar-refractivity contribution < 1.29 is 9.21 Å². The summed E-state index contributed by atoms with van der Waals surface area (Å²) < 4.78 is 5.77. The first kappa shape index (κ1) is 23.5. The van der Waals surface area contributed by atoms with E-state index in [1.54, 1.807) is 6.20 Å². The van der Waals surface area contributed by atoms with E-state index in [2.05, 4.69) is 29.5 Å². The number of oxazole rings is 1. The predicted octanol–water partition coefficient (Wildman–Crippen LogP) is 3.93. The lowest BCUT2D eigenvalue weighted by molar-refractivity contribution is -0.121. The number of halogens is 2. The molecule has 0 radical (unpaired) electrons. The fraction of sp³-hybridized carbons (Fsp3) is 0.500. The lowest BCUT2D eigenvalue weighted by Crippen LogP contribution is -2.42. The number of carbonyl (C=O) groups is 1. The molecule has 0 unspecified atom stereocenters. The van der Waals surface area contributed by atoms with E-state index in [4.69, 9.17) is 4.42 Å². The highest BCUT2D eigenvalue weighted by molar-refractivity contribution is 5.85. The third-order valence-corrected chi connectivity index (χ3v) is 4.98. The summed E-state index contributed by atoms with van der Waals surface area (Å²) in [6.07, 6.45) is 4.87. The van der Waals surface area contributed by atoms with Gasteiger partial charge in [-0.2, -0.15) is 0 Å². The smallest absolute Gasteiger partial charge is 0.220 e. The summed E-state index contributed by atoms with van der Waals surface area (Å²) >= 11 is 0. The van der Waals surface area contributed by atoms with E-state index in [-0.39, 0.29) is 36.1 Å². The molecule has 2 aromatic rings. The van der Waals surface area contributed by atoms with Gasteiger partial charge in [0, 0.05) is 24.9 Å². The highest BCUT2D eigenvalue weighted by Crippen LogP contribution is 2.26. The minimum Gasteiger partial charge on any atom is -0.441 e. The van der Waals surface area contributed by atoms with Crippen LogP contribution in [0.4, 0.5) is 0 Å². The molecule has 27 heavy (non-hydrogen) atoms. The lowest BCUT2D eigenvalue weighted by Gasteiger charge is -2.34. The van der Waals surface area contributed by atoms with E-state index >= 15 is 0 Å². The Balaban J connectivity index is 0.00000182. The van der Waals surface area contributed by atoms with E-state index in [0.717, 1.165) is 43.8 Å². The maximum absolute atomic E-state index is 12.1. The molecule has 0 bridgehead atoms. The van der Waals surface area contributed by atoms with Gasteiger partial charge in [-0.15, -0.1) is 24.8 Å². The average Bonchev–Trinajstić information content (AvgIpc) is 3.08. The number of aromatic nitrogens is 1. The fourth-order valence-electron chi connectivity index (χ4n) is 3.11. The molecule has 1 aliphatic rings. The van der Waals surface area contributed by atoms with Crippen LogP contribution in [0.1, 0.15) is 37.6 Å². The van der Waals surface area contributed by atoms with Crippen molar-refractivity contribution in [1.29, 1.82) is 0 Å². The number of amides is 1. The fourth-order valence-corrected chi connectivity index (χ4v) is 3.11. The molecule has 0 saturated carbocycles. The van der Waals surface area contributed by atoms with Crippen LogP contribution in [0.25, 0.3) is 11.3 Å². The predicted molar refractivity (Wildman–Crippen MR) is 113 cm³/mol. The zero-order valence-corrected chi connectivity index (χ0v) is 17.5. The number of nitrogens with one attached hydrogen (secondary N) is 2. The zero-order valence-electron chi connectivity index (χ0n) is 15.9. The van der Waals surface area contributed by atoms with Gasteiger partial charge in [-0.1, -0.05) is 36.8 Å². The van der Waals surface area contributed by atoms with Crippen LogP contribution in [0.2, 0.25) is 0 Å². The Morgan fingerprint density at radius 1 is 1.22 bits per heavy atom. The van der Waals surface area contributed by atoms with Gasteiger partial charge in [-0.05, 0) is 38.3 Å². The first-order valence-electron chi connectivity index (χ1n) is 9.03. The molecule has 1 amide bonds. The number of carbonyl (C=O) groups excluding carboxylic acids is 1. The molecule has 1 aromatic carbocycles. The van der Waals surface area contributed by atoms with Gasteiger partial charge in [0.15, 0.2) is 11.7 Å². The maximum Gasteiger partial charge on any atom is 0.220 e. The van der Waals surface area contributed by atoms with E-state index in [9.17, 15) is 4.79 Å². The van der Waals surface area contributed by atoms with Gasteiger partial charge < -0.3 is 15.1 Å². The molecule has 1 aromatic heterocycles. The van der Waals surface area contributed by atoms with E-state index in [1.807, 2.05) is 24.3 Å². The van der Waals surface area contributed by atoms with Crippen molar-refractivity contribution in [3.63, 3.8) is 0 Å². The number of benzene rings is 1. The van der Waals surface area contributed by atoms with Crippen LogP contribution < -0.4 is 10.6 Å². The second kappa shape index (κ2) is 10.7. The van der Waals surface area contributed by atoms with Gasteiger partial charge in [-0.25, -0.2) is 4.98 Å². The molecule has 3 rings (SSSR count). The standard InChI is InChI=1S/C20H27N3O2.2ClH/c1-15-3-5-16(6-4-15)17-13-22-19(25-17)8-7-18(24)23-14-20(2)9-11-21-12-10-20;;/h3-6,13,21H,7-12,14H2,1-2H3,(H,23,24);2*1H. The average molecular weight is 414 g/mol. The summed E-state index contributed by atoms with van der Waals surface area (Å²) in [5, 5.41) is 6.43. The molecule has 0 aliphatic carbocycles. The first-order chi connectivity index (χ1) is 12.0. The molecule has 0 atom stereocenters. The zero-order chi connectivity index (χ0) is 17.7. The quantitative estimate of drug-likeness (QED) is 0.752. The Kier molecular flexibility index (Phi) is 9.30. The maximum atomic E-state index is 12.1. The Bertz CT molecular complexity index is 710. The van der Waals surface area contributed by atoms with Gasteiger partial charge in [0.1, 0.15) is 0 Å². The second-order valence-corrected chi connectivity index (χ2v) is 7.32. The third kappa shape index (κ3) is 6.83. The summed E-state index contributed by atoms with van der Waals surface area (Å²) in [6, 6.07) is 8.14. The van der Waals surface area contributed by atoms with Crippen LogP contribution in [-0.4, -0.2) is 30.5 Å². The van der Waals surface area contributed by atoms with E-state index in [1.165, 1.54) is 5.56 Å². The number of hydrogen-bond donors (Lipinski definition) is 2. The Morgan fingerprint density at radius 2 is 1.89 bits per heavy atom. The van der Waals surface area contributed by atoms with Crippen molar-refractivity contribution in [2.45, 2.75) is 39.5 Å². The van der Waals surface area contributed by atoms with Crippen LogP contribution in [-0.2, 0) is 11.2 Å². The number of rotatable bonds is 6. The van der Waals surface area contributed by atoms with E-state index < -0.39 is 0 Å². The molecule has 0 spiro atoms. The minimum absolute atomic E-state index is 0. The topological polar surface area (TPSA) is 67.2 Å². The van der Waals surface area contributed by atoms with Crippen LogP contribution in [0.15, 0.2) is 34.9 Å². The first-order valence-corrected chi connectivity index (χ1v) is 9.03. The molecule has 2 N–H and O–H groups in total. The SMILES string of the molecule is Cc1ccc(-c2cnc(CCC(=O)NCC3(C)CCNCC3)o2)cc1.Cl.Cl. The molecule has 7 heteroatoms. The molecular weight excluding hydrogens is 385 g/mol. The third-order valence-electron chi connectivity index (χ3n) is 4.98. The summed E-state index contributed by atoms with van der Waals surface area (Å²) in [4.78, 5) is 16.4. The molecule has 1 saturated heterocycles. The number of nitrogens with zero attached hydrogens (tertiary/aromatic N) is 1. The Morgan fingerprint density at radius 3 is 2.56 bits per heavy atom. The minimum atomic E-state index is 0. The van der Waals surface area contributed by atoms with Crippen LogP contribution in [0.5, 0.6) is 0 Å². The molecule has 1 fully saturated rings. The van der Waals surface area contributed by atoms with Gasteiger partial charge in [0.25, 0.3) is 0 Å². The summed E-state index contributed by atoms with van der Waals surface area (Å²) in [5.74, 6) is 1.42. The van der Waals surface area contributed by atoms with E-state index in [0.29, 0.717) is 18.7 Å². The molecular formula is C20H29Cl2N3O2. The van der Waals surface area contributed by atoms with Gasteiger partial charge in [0.05, 0.1) is 6.20 Å². The van der Waals surface area contributed by atoms with Crippen LogP contribution in [0, 0.1) is 12.3 Å². The number of hydrogen-bond acceptors (Lipinski definition) is 4. The summed E-state index contributed by atoms with van der Waals surface area (Å²) in [5.41, 5.74) is 2.43. The number of aryl methyl sites for hydroxylation is 2. The van der Waals surface area contributed by atoms with Gasteiger partial charge >= 0.3 is 0 Å². The van der Waals surface area contributed by atoms with Crippen molar-refractivity contribution in [2.24, 2.45) is 5.41 Å². The molecule has 2 heterocycles. The van der Waals surface area contributed by atoms with Gasteiger partial charge in [0.2, 0.25) is 5.91 Å². The molecule has 1 aliphatic heterocycles. The van der Waals surface area contributed by atoms with Crippen LogP contribution in [0.3, 0.4) is 0 Å². The van der Waals surface area contributed by atoms with Crippen molar-refractivity contribution in [3.8, 4) is 11.3 Å². The van der Waals surface area contributed by atoms with Crippen molar-refractivity contribution >= 4 is 30.7 Å². The summed E-state index contributed by atoms with van der Waals surface area (Å²) in [6.45, 7) is 7.11.